The topological polar surface area (TPSA) is 119 Å². The summed E-state index contributed by atoms with van der Waals surface area (Å²) in [7, 11) is 0. The van der Waals surface area contributed by atoms with Crippen LogP contribution in [0.1, 0.15) is 43.8 Å². The number of nitrogens with one attached hydrogen (secondary N) is 1. The molecule has 5 aromatic rings. The van der Waals surface area contributed by atoms with Crippen LogP contribution >= 0.6 is 11.6 Å². The molecule has 0 unspecified atom stereocenters. The highest BCUT2D eigenvalue weighted by molar-refractivity contribution is 6.33. The lowest BCUT2D eigenvalue weighted by Crippen LogP contribution is -2.16. The number of hydrogen-bond acceptors (Lipinski definition) is 6. The number of halogens is 1. The van der Waals surface area contributed by atoms with Crippen molar-refractivity contribution in [1.82, 2.24) is 9.99 Å². The third-order valence-corrected chi connectivity index (χ3v) is 6.43. The van der Waals surface area contributed by atoms with E-state index in [2.05, 4.69) is 41.1 Å². The van der Waals surface area contributed by atoms with Crippen LogP contribution < -0.4 is 10.2 Å². The maximum absolute atomic E-state index is 12.4. The molecule has 10 heteroatoms. The van der Waals surface area contributed by atoms with Gasteiger partial charge < -0.3 is 23.2 Å². The zero-order valence-electron chi connectivity index (χ0n) is 21.6. The summed E-state index contributed by atoms with van der Waals surface area (Å²) in [6.45, 7) is 4.27. The fraction of sp³-hybridized carbons (Fsp3) is 0.100. The average molecular weight is 558 g/mol. The lowest BCUT2D eigenvalue weighted by molar-refractivity contribution is 0.0696. The summed E-state index contributed by atoms with van der Waals surface area (Å²) in [5.41, 5.74) is 6.25. The van der Waals surface area contributed by atoms with Crippen molar-refractivity contribution in [2.75, 3.05) is 0 Å². The smallest absolute Gasteiger partial charge is 0.337 e. The number of hydrogen-bond donors (Lipinski definition) is 2. The molecule has 0 atom stereocenters. The van der Waals surface area contributed by atoms with Gasteiger partial charge in [0.15, 0.2) is 5.76 Å². The van der Waals surface area contributed by atoms with E-state index in [4.69, 9.17) is 25.2 Å². The number of rotatable bonds is 9. The third kappa shape index (κ3) is 5.84. The molecule has 0 spiro atoms. The molecule has 202 valence electrons. The van der Waals surface area contributed by atoms with Gasteiger partial charge in [0.25, 0.3) is 0 Å². The van der Waals surface area contributed by atoms with E-state index in [1.165, 1.54) is 24.4 Å². The van der Waals surface area contributed by atoms with E-state index in [9.17, 15) is 14.7 Å². The van der Waals surface area contributed by atoms with Crippen molar-refractivity contribution < 1.29 is 28.3 Å². The fourth-order valence-corrected chi connectivity index (χ4v) is 4.33. The van der Waals surface area contributed by atoms with Gasteiger partial charge in [0.05, 0.1) is 16.8 Å². The quantitative estimate of drug-likeness (QED) is 0.155. The van der Waals surface area contributed by atoms with Crippen LogP contribution in [0.2, 0.25) is 5.02 Å². The Labute approximate surface area is 234 Å². The van der Waals surface area contributed by atoms with E-state index in [0.717, 1.165) is 17.1 Å². The molecule has 0 fully saturated rings. The maximum atomic E-state index is 12.4. The monoisotopic (exact) mass is 557 g/mol. The number of carbonyl (C=O) groups is 2. The van der Waals surface area contributed by atoms with E-state index < -0.39 is 11.9 Å². The van der Waals surface area contributed by atoms with Gasteiger partial charge in [0.1, 0.15) is 29.6 Å². The predicted molar refractivity (Wildman–Crippen MR) is 149 cm³/mol. The predicted octanol–water partition coefficient (Wildman–Crippen LogP) is 6.64. The highest BCUT2D eigenvalue weighted by Crippen LogP contribution is 2.27. The van der Waals surface area contributed by atoms with Gasteiger partial charge in [0.2, 0.25) is 0 Å². The molecule has 3 aromatic heterocycles. The first-order valence-corrected chi connectivity index (χ1v) is 12.6. The SMILES string of the molecule is Cc1ccc(C)n1-c1ccc(OCc2ccc(C(=O)N/N=C/c3ccc(-c4ccc(Cl)c(C(=O)O)c4)o3)o2)cc1. The normalized spacial score (nSPS) is 11.2. The summed E-state index contributed by atoms with van der Waals surface area (Å²) in [6, 6.07) is 22.9. The Morgan fingerprint density at radius 3 is 2.45 bits per heavy atom. The van der Waals surface area contributed by atoms with Gasteiger partial charge in [-0.05, 0) is 92.7 Å². The van der Waals surface area contributed by atoms with Crippen LogP contribution in [-0.2, 0) is 6.61 Å². The second kappa shape index (κ2) is 11.4. The Hall–Kier alpha value is -5.02. The molecule has 2 aromatic carbocycles. The van der Waals surface area contributed by atoms with Crippen LogP contribution in [-0.4, -0.2) is 27.8 Å². The molecule has 0 saturated carbocycles. The first kappa shape index (κ1) is 26.6. The lowest BCUT2D eigenvalue weighted by atomic mass is 10.1. The first-order chi connectivity index (χ1) is 19.3. The molecule has 0 bridgehead atoms. The number of aryl methyl sites for hydroxylation is 2. The van der Waals surface area contributed by atoms with Crippen LogP contribution in [0.5, 0.6) is 5.75 Å². The van der Waals surface area contributed by atoms with E-state index in [-0.39, 0.29) is 23.0 Å². The number of carbonyl (C=O) groups excluding carboxylic acids is 1. The first-order valence-electron chi connectivity index (χ1n) is 12.2. The van der Waals surface area contributed by atoms with Crippen molar-refractivity contribution in [3.05, 3.63) is 118 Å². The summed E-state index contributed by atoms with van der Waals surface area (Å²) < 4.78 is 19.2. The van der Waals surface area contributed by atoms with Crippen LogP contribution in [0, 0.1) is 13.8 Å². The van der Waals surface area contributed by atoms with Crippen molar-refractivity contribution >= 4 is 29.7 Å². The highest BCUT2D eigenvalue weighted by Gasteiger charge is 2.13. The summed E-state index contributed by atoms with van der Waals surface area (Å²) in [6.07, 6.45) is 1.32. The number of aromatic nitrogens is 1. The summed E-state index contributed by atoms with van der Waals surface area (Å²) in [5, 5.41) is 13.3. The van der Waals surface area contributed by atoms with Crippen LogP contribution in [0.4, 0.5) is 0 Å². The molecule has 2 N–H and O–H groups in total. The number of benzene rings is 2. The summed E-state index contributed by atoms with van der Waals surface area (Å²) in [5.74, 6) is 0.328. The van der Waals surface area contributed by atoms with Gasteiger partial charge in [-0.25, -0.2) is 10.2 Å². The number of carboxylic acids is 1. The summed E-state index contributed by atoms with van der Waals surface area (Å²) >= 11 is 5.92. The Morgan fingerprint density at radius 1 is 0.975 bits per heavy atom. The van der Waals surface area contributed by atoms with E-state index >= 15 is 0 Å². The van der Waals surface area contributed by atoms with Crippen molar-refractivity contribution in [1.29, 1.82) is 0 Å². The largest absolute Gasteiger partial charge is 0.486 e. The Kier molecular flexibility index (Phi) is 7.56. The zero-order valence-corrected chi connectivity index (χ0v) is 22.3. The third-order valence-electron chi connectivity index (χ3n) is 6.10. The molecule has 5 rings (SSSR count). The van der Waals surface area contributed by atoms with Gasteiger partial charge >= 0.3 is 11.9 Å². The molecule has 3 heterocycles. The van der Waals surface area contributed by atoms with Crippen molar-refractivity contribution in [2.45, 2.75) is 20.5 Å². The maximum Gasteiger partial charge on any atom is 0.337 e. The van der Waals surface area contributed by atoms with Gasteiger partial charge in [0, 0.05) is 22.6 Å². The molecule has 0 aliphatic heterocycles. The van der Waals surface area contributed by atoms with Gasteiger partial charge in [-0.15, -0.1) is 0 Å². The molecule has 0 aliphatic carbocycles. The molecule has 40 heavy (non-hydrogen) atoms. The standard InChI is InChI=1S/C30H24ClN3O6/c1-18-3-4-19(2)34(18)21-6-8-22(9-7-21)38-17-24-11-14-28(40-24)29(35)33-32-16-23-10-13-27(39-23)20-5-12-26(31)25(15-20)30(36)37/h3-16H,17H2,1-2H3,(H,33,35)(H,36,37)/b32-16+. The average Bonchev–Trinajstić information content (AvgIpc) is 3.69. The zero-order chi connectivity index (χ0) is 28.2. The lowest BCUT2D eigenvalue weighted by Gasteiger charge is -2.10. The minimum Gasteiger partial charge on any atom is -0.486 e. The number of ether oxygens (including phenoxy) is 1. The highest BCUT2D eigenvalue weighted by atomic mass is 35.5. The second-order valence-electron chi connectivity index (χ2n) is 8.90. The number of carboxylic acid groups (broad SMARTS) is 1. The molecule has 0 radical (unpaired) electrons. The Morgan fingerprint density at radius 2 is 1.73 bits per heavy atom. The summed E-state index contributed by atoms with van der Waals surface area (Å²) in [4.78, 5) is 23.7. The number of amides is 1. The van der Waals surface area contributed by atoms with Gasteiger partial charge in [-0.1, -0.05) is 11.6 Å². The van der Waals surface area contributed by atoms with Crippen LogP contribution in [0.25, 0.3) is 17.0 Å². The second-order valence-corrected chi connectivity index (χ2v) is 9.31. The van der Waals surface area contributed by atoms with Gasteiger partial charge in [-0.3, -0.25) is 4.79 Å². The van der Waals surface area contributed by atoms with E-state index in [0.29, 0.717) is 28.6 Å². The fourth-order valence-electron chi connectivity index (χ4n) is 4.13. The molecular weight excluding hydrogens is 534 g/mol. The molecule has 0 saturated heterocycles. The molecular formula is C30H24ClN3O6. The Bertz CT molecular complexity index is 1690. The Balaban J connectivity index is 1.14. The minimum atomic E-state index is -1.14. The number of nitrogens with zero attached hydrogens (tertiary/aromatic N) is 2. The van der Waals surface area contributed by atoms with E-state index in [1.807, 2.05) is 24.3 Å². The number of furan rings is 2. The minimum absolute atomic E-state index is 0.0304. The van der Waals surface area contributed by atoms with Crippen molar-refractivity contribution in [2.24, 2.45) is 5.10 Å². The molecule has 9 nitrogen and oxygen atoms in total. The van der Waals surface area contributed by atoms with Crippen molar-refractivity contribution in [3.8, 4) is 22.8 Å². The number of aromatic carboxylic acids is 1. The van der Waals surface area contributed by atoms with Gasteiger partial charge in [-0.2, -0.15) is 5.10 Å². The molecule has 0 aliphatic rings. The molecule has 1 amide bonds. The van der Waals surface area contributed by atoms with E-state index in [1.54, 1.807) is 24.3 Å². The van der Waals surface area contributed by atoms with Crippen molar-refractivity contribution in [3.63, 3.8) is 0 Å². The van der Waals surface area contributed by atoms with Crippen LogP contribution in [0.15, 0.2) is 92.8 Å². The number of hydrazone groups is 1. The van der Waals surface area contributed by atoms with Crippen LogP contribution in [0.3, 0.4) is 0 Å².